The number of pyridine rings is 1. The second-order valence-corrected chi connectivity index (χ2v) is 10.5. The zero-order valence-corrected chi connectivity index (χ0v) is 17.5. The van der Waals surface area contributed by atoms with Crippen molar-refractivity contribution < 1.29 is 13.2 Å². The van der Waals surface area contributed by atoms with Crippen LogP contribution in [0.25, 0.3) is 22.2 Å². The van der Waals surface area contributed by atoms with E-state index in [0.717, 1.165) is 41.3 Å². The van der Waals surface area contributed by atoms with Crippen molar-refractivity contribution >= 4 is 33.2 Å². The Hall–Kier alpha value is -2.72. The normalized spacial score (nSPS) is 19.0. The fraction of sp³-hybridized carbons (Fsp3) is 0.450. The molecule has 2 fully saturated rings. The monoisotopic (exact) mass is 428 g/mol. The second-order valence-electron chi connectivity index (χ2n) is 8.21. The van der Waals surface area contributed by atoms with Crippen molar-refractivity contribution in [3.63, 3.8) is 0 Å². The molecule has 1 aliphatic carbocycles. The summed E-state index contributed by atoms with van der Waals surface area (Å²) in [5.41, 5.74) is 2.45. The van der Waals surface area contributed by atoms with Crippen LogP contribution >= 0.6 is 0 Å². The topological polar surface area (TPSA) is 113 Å². The first kappa shape index (κ1) is 19.3. The molecule has 2 N–H and O–H groups in total. The molecule has 1 saturated heterocycles. The van der Waals surface area contributed by atoms with E-state index in [0.29, 0.717) is 25.5 Å². The van der Waals surface area contributed by atoms with Gasteiger partial charge in [0.2, 0.25) is 10.0 Å². The minimum atomic E-state index is -3.14. The van der Waals surface area contributed by atoms with Gasteiger partial charge >= 0.3 is 0 Å². The van der Waals surface area contributed by atoms with Gasteiger partial charge in [-0.2, -0.15) is 9.40 Å². The van der Waals surface area contributed by atoms with Gasteiger partial charge in [-0.05, 0) is 37.5 Å². The zero-order chi connectivity index (χ0) is 20.9. The van der Waals surface area contributed by atoms with Crippen LogP contribution < -0.4 is 5.32 Å². The molecule has 0 amide bonds. The predicted molar refractivity (Wildman–Crippen MR) is 114 cm³/mol. The van der Waals surface area contributed by atoms with E-state index in [2.05, 4.69) is 20.4 Å². The van der Waals surface area contributed by atoms with Crippen molar-refractivity contribution in [1.29, 1.82) is 0 Å². The molecule has 3 aromatic heterocycles. The number of hydrogen-bond acceptors (Lipinski definition) is 6. The number of nitrogens with one attached hydrogen (secondary N) is 2. The van der Waals surface area contributed by atoms with Crippen molar-refractivity contribution in [3.8, 4) is 11.1 Å². The minimum Gasteiger partial charge on any atom is -0.369 e. The van der Waals surface area contributed by atoms with Crippen molar-refractivity contribution in [1.82, 2.24) is 24.1 Å². The van der Waals surface area contributed by atoms with Crippen molar-refractivity contribution in [2.24, 2.45) is 5.41 Å². The molecule has 1 saturated carbocycles. The summed E-state index contributed by atoms with van der Waals surface area (Å²) in [4.78, 5) is 19.0. The highest BCUT2D eigenvalue weighted by molar-refractivity contribution is 7.89. The van der Waals surface area contributed by atoms with Crippen LogP contribution in [0.4, 0.5) is 5.82 Å². The number of carbonyl (C=O) groups excluding carboxylic acids is 1. The summed E-state index contributed by atoms with van der Waals surface area (Å²) < 4.78 is 27.3. The van der Waals surface area contributed by atoms with Crippen LogP contribution in [0.2, 0.25) is 0 Å². The predicted octanol–water partition coefficient (Wildman–Crippen LogP) is 2.02. The number of aromatic nitrogens is 4. The van der Waals surface area contributed by atoms with Crippen molar-refractivity contribution in [3.05, 3.63) is 30.7 Å². The van der Waals surface area contributed by atoms with E-state index < -0.39 is 10.0 Å². The molecule has 10 heteroatoms. The number of aldehydes is 1. The molecule has 0 unspecified atom stereocenters. The molecule has 4 heterocycles. The van der Waals surface area contributed by atoms with Gasteiger partial charge in [-0.15, -0.1) is 0 Å². The molecule has 30 heavy (non-hydrogen) atoms. The Bertz CT molecular complexity index is 1200. The number of H-pyrrole nitrogens is 1. The van der Waals surface area contributed by atoms with Crippen LogP contribution in [-0.2, 0) is 14.8 Å². The maximum atomic E-state index is 12.0. The molecule has 0 radical (unpaired) electrons. The third kappa shape index (κ3) is 3.29. The Morgan fingerprint density at radius 3 is 2.87 bits per heavy atom. The molecule has 2 aliphatic rings. The molecule has 158 valence electrons. The maximum absolute atomic E-state index is 12.0. The second kappa shape index (κ2) is 6.92. The third-order valence-electron chi connectivity index (χ3n) is 6.17. The number of rotatable bonds is 8. The maximum Gasteiger partial charge on any atom is 0.213 e. The number of nitrogens with zero attached hydrogens (tertiary/aromatic N) is 4. The fourth-order valence-electron chi connectivity index (χ4n) is 3.80. The standard InChI is InChI=1S/C20H24N6O3S/c1-2-30(28,29)25-10-15(11-25)26-9-14(8-23-26)17-7-18(22-12-20(13-27)4-5-20)24-19-16(17)3-6-21-19/h3,6-9,13,15H,2,4-5,10-12H2,1H3,(H2,21,22,24). The van der Waals surface area contributed by atoms with Crippen LogP contribution in [0.3, 0.4) is 0 Å². The molecular formula is C20H24N6O3S. The Labute approximate surface area is 174 Å². The molecule has 0 spiro atoms. The summed E-state index contributed by atoms with van der Waals surface area (Å²) in [6, 6.07) is 4.00. The lowest BCUT2D eigenvalue weighted by Gasteiger charge is -2.37. The third-order valence-corrected chi connectivity index (χ3v) is 7.98. The van der Waals surface area contributed by atoms with Crippen molar-refractivity contribution in [2.75, 3.05) is 30.7 Å². The summed E-state index contributed by atoms with van der Waals surface area (Å²) in [6.45, 7) is 3.14. The lowest BCUT2D eigenvalue weighted by atomic mass is 10.1. The fourth-order valence-corrected chi connectivity index (χ4v) is 4.96. The molecule has 5 rings (SSSR count). The van der Waals surface area contributed by atoms with Crippen LogP contribution in [0.5, 0.6) is 0 Å². The van der Waals surface area contributed by atoms with E-state index in [4.69, 9.17) is 0 Å². The van der Waals surface area contributed by atoms with Gasteiger partial charge < -0.3 is 15.1 Å². The first-order valence-corrected chi connectivity index (χ1v) is 11.7. The van der Waals surface area contributed by atoms with Crippen LogP contribution in [0, 0.1) is 5.41 Å². The van der Waals surface area contributed by atoms with Gasteiger partial charge in [-0.1, -0.05) is 0 Å². The number of fused-ring (bicyclic) bond motifs is 1. The summed E-state index contributed by atoms with van der Waals surface area (Å²) in [7, 11) is -3.14. The lowest BCUT2D eigenvalue weighted by Crippen LogP contribution is -2.51. The quantitative estimate of drug-likeness (QED) is 0.531. The smallest absolute Gasteiger partial charge is 0.213 e. The molecule has 0 aromatic carbocycles. The largest absolute Gasteiger partial charge is 0.369 e. The van der Waals surface area contributed by atoms with Gasteiger partial charge in [-0.3, -0.25) is 4.68 Å². The summed E-state index contributed by atoms with van der Waals surface area (Å²) in [5.74, 6) is 0.831. The summed E-state index contributed by atoms with van der Waals surface area (Å²) >= 11 is 0. The Morgan fingerprint density at radius 1 is 1.37 bits per heavy atom. The van der Waals surface area contributed by atoms with E-state index in [1.165, 1.54) is 4.31 Å². The highest BCUT2D eigenvalue weighted by Crippen LogP contribution is 2.43. The molecule has 0 atom stereocenters. The summed E-state index contributed by atoms with van der Waals surface area (Å²) in [5, 5.41) is 8.78. The Balaban J connectivity index is 1.38. The minimum absolute atomic E-state index is 0.0449. The van der Waals surface area contributed by atoms with E-state index in [-0.39, 0.29) is 17.2 Å². The van der Waals surface area contributed by atoms with Gasteiger partial charge in [0, 0.05) is 48.4 Å². The van der Waals surface area contributed by atoms with Crippen molar-refractivity contribution in [2.45, 2.75) is 25.8 Å². The van der Waals surface area contributed by atoms with Crippen LogP contribution in [-0.4, -0.2) is 64.1 Å². The van der Waals surface area contributed by atoms with Gasteiger partial charge in [0.15, 0.2) is 0 Å². The van der Waals surface area contributed by atoms with E-state index in [1.54, 1.807) is 13.1 Å². The van der Waals surface area contributed by atoms with Gasteiger partial charge in [0.25, 0.3) is 0 Å². The van der Waals surface area contributed by atoms with E-state index in [9.17, 15) is 13.2 Å². The zero-order valence-electron chi connectivity index (χ0n) is 16.7. The number of carbonyl (C=O) groups is 1. The number of sulfonamides is 1. The average molecular weight is 429 g/mol. The Morgan fingerprint density at radius 2 is 2.17 bits per heavy atom. The lowest BCUT2D eigenvalue weighted by molar-refractivity contribution is -0.111. The summed E-state index contributed by atoms with van der Waals surface area (Å²) in [6.07, 6.45) is 8.48. The molecule has 3 aromatic rings. The van der Waals surface area contributed by atoms with E-state index >= 15 is 0 Å². The average Bonchev–Trinajstić information content (AvgIpc) is 3.09. The highest BCUT2D eigenvalue weighted by Gasteiger charge is 2.42. The van der Waals surface area contributed by atoms with Crippen LogP contribution in [0.15, 0.2) is 30.7 Å². The first-order valence-electron chi connectivity index (χ1n) is 10.1. The highest BCUT2D eigenvalue weighted by atomic mass is 32.2. The van der Waals surface area contributed by atoms with Gasteiger partial charge in [0.05, 0.1) is 18.0 Å². The van der Waals surface area contributed by atoms with E-state index in [1.807, 2.05) is 29.2 Å². The first-order chi connectivity index (χ1) is 14.4. The SMILES string of the molecule is CCS(=O)(=O)N1CC(n2cc(-c3cc(NCC4(C=O)CC4)nc4[nH]ccc34)cn2)C1. The number of aromatic amines is 1. The molecule has 9 nitrogen and oxygen atoms in total. The molecule has 0 bridgehead atoms. The van der Waals surface area contributed by atoms with Gasteiger partial charge in [0.1, 0.15) is 17.8 Å². The van der Waals surface area contributed by atoms with Crippen LogP contribution in [0.1, 0.15) is 25.8 Å². The molecule has 1 aliphatic heterocycles. The number of hydrogen-bond donors (Lipinski definition) is 2. The Kier molecular flexibility index (Phi) is 4.44. The van der Waals surface area contributed by atoms with Gasteiger partial charge in [-0.25, -0.2) is 13.4 Å². The number of anilines is 1. The molecular weight excluding hydrogens is 404 g/mol.